The van der Waals surface area contributed by atoms with Crippen molar-refractivity contribution in [2.24, 2.45) is 0 Å². The summed E-state index contributed by atoms with van der Waals surface area (Å²) >= 11 is 0. The van der Waals surface area contributed by atoms with Gasteiger partial charge < -0.3 is 9.64 Å². The molecule has 0 aliphatic carbocycles. The predicted molar refractivity (Wildman–Crippen MR) is 108 cm³/mol. The molecule has 0 radical (unpaired) electrons. The molecule has 0 saturated heterocycles. The third-order valence-corrected chi connectivity index (χ3v) is 4.62. The van der Waals surface area contributed by atoms with E-state index in [4.69, 9.17) is 9.84 Å². The van der Waals surface area contributed by atoms with Gasteiger partial charge >= 0.3 is 0 Å². The fourth-order valence-electron chi connectivity index (χ4n) is 3.01. The van der Waals surface area contributed by atoms with Crippen LogP contribution in [-0.2, 0) is 0 Å². The van der Waals surface area contributed by atoms with Gasteiger partial charge in [-0.3, -0.25) is 4.79 Å². The molecule has 0 aliphatic rings. The smallest absolute Gasteiger partial charge is 0.272 e. The summed E-state index contributed by atoms with van der Waals surface area (Å²) in [5, 5.41) is 4.74. The summed E-state index contributed by atoms with van der Waals surface area (Å²) in [7, 11) is 1.64. The Morgan fingerprint density at radius 3 is 2.41 bits per heavy atom. The number of hydrogen-bond acceptors (Lipinski definition) is 3. The number of carbonyl (C=O) groups excluding carboxylic acids is 1. The van der Waals surface area contributed by atoms with Crippen molar-refractivity contribution in [3.63, 3.8) is 0 Å². The molecule has 0 N–H and O–H groups in total. The minimum absolute atomic E-state index is 0.0257. The lowest BCUT2D eigenvalue weighted by Gasteiger charge is -2.19. The molecular weight excluding hydrogens is 338 g/mol. The van der Waals surface area contributed by atoms with Crippen LogP contribution in [0.3, 0.4) is 0 Å². The molecule has 1 aromatic heterocycles. The van der Waals surface area contributed by atoms with Gasteiger partial charge in [0.1, 0.15) is 11.4 Å². The molecule has 0 unspecified atom stereocenters. The Kier molecular flexibility index (Phi) is 5.60. The van der Waals surface area contributed by atoms with Crippen LogP contribution in [0.4, 0.5) is 0 Å². The zero-order chi connectivity index (χ0) is 19.4. The first-order chi connectivity index (χ1) is 13.1. The molecule has 27 heavy (non-hydrogen) atoms. The minimum Gasteiger partial charge on any atom is -0.497 e. The van der Waals surface area contributed by atoms with Crippen LogP contribution in [0.25, 0.3) is 16.9 Å². The second kappa shape index (κ2) is 8.08. The Labute approximate surface area is 160 Å². The first-order valence-electron chi connectivity index (χ1n) is 9.18. The first-order valence-corrected chi connectivity index (χ1v) is 9.18. The van der Waals surface area contributed by atoms with Gasteiger partial charge in [-0.1, -0.05) is 29.8 Å². The van der Waals surface area contributed by atoms with Crippen LogP contribution in [0.2, 0.25) is 0 Å². The van der Waals surface area contributed by atoms with E-state index in [1.807, 2.05) is 75.4 Å². The molecular formula is C22H25N3O2. The lowest BCUT2D eigenvalue weighted by Crippen LogP contribution is -2.32. The van der Waals surface area contributed by atoms with Crippen molar-refractivity contribution < 1.29 is 9.53 Å². The van der Waals surface area contributed by atoms with Crippen LogP contribution in [0, 0.1) is 6.92 Å². The highest BCUT2D eigenvalue weighted by Crippen LogP contribution is 2.26. The van der Waals surface area contributed by atoms with Crippen molar-refractivity contribution in [2.75, 3.05) is 20.2 Å². The number of carbonyl (C=O) groups is 1. The van der Waals surface area contributed by atoms with E-state index < -0.39 is 0 Å². The molecule has 0 fully saturated rings. The highest BCUT2D eigenvalue weighted by molar-refractivity contribution is 5.94. The van der Waals surface area contributed by atoms with Crippen LogP contribution in [0.1, 0.15) is 29.9 Å². The minimum atomic E-state index is -0.0257. The molecule has 5 nitrogen and oxygen atoms in total. The van der Waals surface area contributed by atoms with Gasteiger partial charge in [-0.05, 0) is 51.1 Å². The van der Waals surface area contributed by atoms with Crippen LogP contribution in [0.5, 0.6) is 5.75 Å². The second-order valence-corrected chi connectivity index (χ2v) is 6.37. The molecule has 0 spiro atoms. The van der Waals surface area contributed by atoms with Crippen molar-refractivity contribution in [2.45, 2.75) is 20.8 Å². The van der Waals surface area contributed by atoms with Crippen molar-refractivity contribution in [1.29, 1.82) is 0 Å². The Morgan fingerprint density at radius 2 is 1.78 bits per heavy atom. The quantitative estimate of drug-likeness (QED) is 0.654. The molecule has 3 aromatic rings. The third-order valence-electron chi connectivity index (χ3n) is 4.62. The average molecular weight is 363 g/mol. The van der Waals surface area contributed by atoms with Gasteiger partial charge in [0.2, 0.25) is 0 Å². The predicted octanol–water partition coefficient (Wildman–Crippen LogP) is 4.34. The van der Waals surface area contributed by atoms with Crippen molar-refractivity contribution in [3.8, 4) is 22.7 Å². The number of nitrogens with zero attached hydrogens (tertiary/aromatic N) is 3. The van der Waals surface area contributed by atoms with E-state index in [1.54, 1.807) is 16.7 Å². The highest BCUT2D eigenvalue weighted by atomic mass is 16.5. The number of rotatable bonds is 6. The van der Waals surface area contributed by atoms with E-state index in [0.29, 0.717) is 18.8 Å². The Bertz CT molecular complexity index is 925. The maximum absolute atomic E-state index is 13.1. The summed E-state index contributed by atoms with van der Waals surface area (Å²) in [6, 6.07) is 17.6. The largest absolute Gasteiger partial charge is 0.497 e. The van der Waals surface area contributed by atoms with Crippen LogP contribution in [-0.4, -0.2) is 40.8 Å². The summed E-state index contributed by atoms with van der Waals surface area (Å²) < 4.78 is 7.05. The maximum atomic E-state index is 13.1. The van der Waals surface area contributed by atoms with Crippen LogP contribution < -0.4 is 4.74 Å². The lowest BCUT2D eigenvalue weighted by molar-refractivity contribution is 0.0764. The number of amides is 1. The van der Waals surface area contributed by atoms with E-state index in [2.05, 4.69) is 0 Å². The molecule has 3 rings (SSSR count). The monoisotopic (exact) mass is 363 g/mol. The van der Waals surface area contributed by atoms with E-state index in [9.17, 15) is 4.79 Å². The van der Waals surface area contributed by atoms with Crippen molar-refractivity contribution in [1.82, 2.24) is 14.7 Å². The average Bonchev–Trinajstić information content (AvgIpc) is 3.15. The zero-order valence-electron chi connectivity index (χ0n) is 16.3. The second-order valence-electron chi connectivity index (χ2n) is 6.37. The summed E-state index contributed by atoms with van der Waals surface area (Å²) in [4.78, 5) is 14.9. The number of benzene rings is 2. The van der Waals surface area contributed by atoms with Gasteiger partial charge in [0.05, 0.1) is 18.5 Å². The van der Waals surface area contributed by atoms with E-state index in [-0.39, 0.29) is 5.91 Å². The lowest BCUT2D eigenvalue weighted by atomic mass is 10.1. The van der Waals surface area contributed by atoms with E-state index in [1.165, 1.54) is 0 Å². The standard InChI is InChI=1S/C22H25N3O2/c1-5-24(6-2)22(26)21-15-20(17-8-7-9-19(14-17)27-4)23-25(21)18-12-10-16(3)11-13-18/h7-15H,5-6H2,1-4H3. The van der Waals surface area contributed by atoms with Gasteiger partial charge in [-0.25, -0.2) is 4.68 Å². The summed E-state index contributed by atoms with van der Waals surface area (Å²) in [6.45, 7) is 7.32. The number of aromatic nitrogens is 2. The summed E-state index contributed by atoms with van der Waals surface area (Å²) in [5.74, 6) is 0.733. The summed E-state index contributed by atoms with van der Waals surface area (Å²) in [6.07, 6.45) is 0. The molecule has 1 amide bonds. The van der Waals surface area contributed by atoms with Gasteiger partial charge in [-0.2, -0.15) is 5.10 Å². The fraction of sp³-hybridized carbons (Fsp3) is 0.273. The molecule has 0 aliphatic heterocycles. The van der Waals surface area contributed by atoms with Gasteiger partial charge in [0.25, 0.3) is 5.91 Å². The van der Waals surface area contributed by atoms with Crippen molar-refractivity contribution in [3.05, 3.63) is 65.9 Å². The van der Waals surface area contributed by atoms with Gasteiger partial charge in [0, 0.05) is 18.7 Å². The maximum Gasteiger partial charge on any atom is 0.272 e. The van der Waals surface area contributed by atoms with E-state index >= 15 is 0 Å². The molecule has 0 saturated carbocycles. The zero-order valence-corrected chi connectivity index (χ0v) is 16.3. The molecule has 0 bridgehead atoms. The van der Waals surface area contributed by atoms with Crippen LogP contribution in [0.15, 0.2) is 54.6 Å². The fourth-order valence-corrected chi connectivity index (χ4v) is 3.01. The number of ether oxygens (including phenoxy) is 1. The Balaban J connectivity index is 2.13. The molecule has 0 atom stereocenters. The highest BCUT2D eigenvalue weighted by Gasteiger charge is 2.21. The number of aryl methyl sites for hydroxylation is 1. The third kappa shape index (κ3) is 3.87. The number of hydrogen-bond donors (Lipinski definition) is 0. The van der Waals surface area contributed by atoms with E-state index in [0.717, 1.165) is 28.3 Å². The molecule has 5 heteroatoms. The molecule has 2 aromatic carbocycles. The Morgan fingerprint density at radius 1 is 1.07 bits per heavy atom. The Hall–Kier alpha value is -3.08. The first kappa shape index (κ1) is 18.7. The van der Waals surface area contributed by atoms with Gasteiger partial charge in [0.15, 0.2) is 0 Å². The summed E-state index contributed by atoms with van der Waals surface area (Å²) in [5.41, 5.74) is 4.24. The van der Waals surface area contributed by atoms with Gasteiger partial charge in [-0.15, -0.1) is 0 Å². The topological polar surface area (TPSA) is 47.4 Å². The molecule has 140 valence electrons. The normalized spacial score (nSPS) is 10.7. The SMILES string of the molecule is CCN(CC)C(=O)c1cc(-c2cccc(OC)c2)nn1-c1ccc(C)cc1. The molecule has 1 heterocycles. The number of methoxy groups -OCH3 is 1. The van der Waals surface area contributed by atoms with Crippen molar-refractivity contribution >= 4 is 5.91 Å². The van der Waals surface area contributed by atoms with Crippen LogP contribution >= 0.6 is 0 Å².